The summed E-state index contributed by atoms with van der Waals surface area (Å²) in [5, 5.41) is 9.76. The van der Waals surface area contributed by atoms with Crippen molar-refractivity contribution in [2.45, 2.75) is 33.1 Å². The molecule has 1 aromatic rings. The Morgan fingerprint density at radius 2 is 1.79 bits per heavy atom. The molecule has 0 heterocycles. The highest BCUT2D eigenvalue weighted by Gasteiger charge is 2.07. The molecular formula is C20H34ClIN4O3. The van der Waals surface area contributed by atoms with Crippen molar-refractivity contribution in [2.24, 2.45) is 4.99 Å². The number of hydrogen-bond acceptors (Lipinski definition) is 4. The van der Waals surface area contributed by atoms with Gasteiger partial charge in [0.1, 0.15) is 0 Å². The Morgan fingerprint density at radius 1 is 1.10 bits per heavy atom. The number of halogens is 2. The highest BCUT2D eigenvalue weighted by Crippen LogP contribution is 2.22. The van der Waals surface area contributed by atoms with Gasteiger partial charge in [-0.15, -0.1) is 24.0 Å². The van der Waals surface area contributed by atoms with Gasteiger partial charge >= 0.3 is 0 Å². The van der Waals surface area contributed by atoms with Crippen LogP contribution in [0.15, 0.2) is 23.2 Å². The van der Waals surface area contributed by atoms with E-state index >= 15 is 0 Å². The molecule has 0 saturated carbocycles. The van der Waals surface area contributed by atoms with E-state index in [-0.39, 0.29) is 29.9 Å². The third kappa shape index (κ3) is 12.9. The zero-order valence-corrected chi connectivity index (χ0v) is 20.6. The molecule has 0 radical (unpaired) electrons. The van der Waals surface area contributed by atoms with E-state index in [1.807, 2.05) is 19.1 Å². The molecule has 29 heavy (non-hydrogen) atoms. The first-order valence-corrected chi connectivity index (χ1v) is 10.1. The Labute approximate surface area is 196 Å². The third-order valence-corrected chi connectivity index (χ3v) is 4.37. The molecule has 1 amide bonds. The zero-order valence-electron chi connectivity index (χ0n) is 17.6. The average Bonchev–Trinajstić information content (AvgIpc) is 2.68. The molecule has 9 heteroatoms. The van der Waals surface area contributed by atoms with Crippen LogP contribution >= 0.6 is 35.6 Å². The van der Waals surface area contributed by atoms with Crippen molar-refractivity contribution in [3.63, 3.8) is 0 Å². The smallest absolute Gasteiger partial charge is 0.226 e. The molecule has 7 nitrogen and oxygen atoms in total. The summed E-state index contributed by atoms with van der Waals surface area (Å²) in [5.74, 6) is 0.550. The lowest BCUT2D eigenvalue weighted by atomic mass is 10.2. The fourth-order valence-corrected chi connectivity index (χ4v) is 2.46. The summed E-state index contributed by atoms with van der Waals surface area (Å²) in [7, 11) is 1.69. The average molecular weight is 541 g/mol. The molecule has 0 aromatic heterocycles. The molecule has 0 atom stereocenters. The number of carbonyl (C=O) groups is 1. The van der Waals surface area contributed by atoms with Gasteiger partial charge in [-0.05, 0) is 31.0 Å². The number of amides is 1. The van der Waals surface area contributed by atoms with Gasteiger partial charge in [0.2, 0.25) is 5.91 Å². The maximum atomic E-state index is 12.1. The highest BCUT2D eigenvalue weighted by molar-refractivity contribution is 14.0. The van der Waals surface area contributed by atoms with Crippen molar-refractivity contribution < 1.29 is 14.3 Å². The number of nitrogens with one attached hydrogen (secondary N) is 3. The van der Waals surface area contributed by atoms with Crippen molar-refractivity contribution in [1.82, 2.24) is 10.6 Å². The van der Waals surface area contributed by atoms with Crippen LogP contribution in [-0.2, 0) is 14.3 Å². The minimum Gasteiger partial charge on any atom is -0.379 e. The van der Waals surface area contributed by atoms with E-state index < -0.39 is 0 Å². The second-order valence-corrected chi connectivity index (χ2v) is 6.62. The summed E-state index contributed by atoms with van der Waals surface area (Å²) in [6.45, 7) is 7.67. The molecule has 0 unspecified atom stereocenters. The minimum absolute atomic E-state index is 0. The fourth-order valence-electron chi connectivity index (χ4n) is 2.28. The van der Waals surface area contributed by atoms with Crippen molar-refractivity contribution in [1.29, 1.82) is 0 Å². The lowest BCUT2D eigenvalue weighted by Gasteiger charge is -2.13. The van der Waals surface area contributed by atoms with Crippen LogP contribution in [0.2, 0.25) is 5.02 Å². The van der Waals surface area contributed by atoms with Crippen molar-refractivity contribution in [2.75, 3.05) is 51.9 Å². The van der Waals surface area contributed by atoms with E-state index in [1.165, 1.54) is 0 Å². The van der Waals surface area contributed by atoms with Crippen LogP contribution in [-0.4, -0.2) is 58.4 Å². The second-order valence-electron chi connectivity index (χ2n) is 6.21. The number of rotatable bonds is 13. The van der Waals surface area contributed by atoms with Crippen molar-refractivity contribution in [3.8, 4) is 0 Å². The zero-order chi connectivity index (χ0) is 20.6. The summed E-state index contributed by atoms with van der Waals surface area (Å²) in [5.41, 5.74) is 1.59. The van der Waals surface area contributed by atoms with Crippen LogP contribution in [0.3, 0.4) is 0 Å². The molecule has 1 aromatic carbocycles. The van der Waals surface area contributed by atoms with E-state index in [4.69, 9.17) is 21.1 Å². The van der Waals surface area contributed by atoms with Gasteiger partial charge in [-0.3, -0.25) is 9.79 Å². The summed E-state index contributed by atoms with van der Waals surface area (Å²) in [6.07, 6.45) is 2.54. The van der Waals surface area contributed by atoms with Gasteiger partial charge in [0, 0.05) is 43.9 Å². The Morgan fingerprint density at radius 3 is 2.48 bits per heavy atom. The Hall–Kier alpha value is -1.10. The van der Waals surface area contributed by atoms with Gasteiger partial charge in [-0.2, -0.15) is 0 Å². The number of unbranched alkanes of at least 4 members (excludes halogenated alkanes) is 1. The second kappa shape index (κ2) is 17.7. The first kappa shape index (κ1) is 27.9. The summed E-state index contributed by atoms with van der Waals surface area (Å²) < 4.78 is 10.9. The van der Waals surface area contributed by atoms with Crippen LogP contribution < -0.4 is 16.0 Å². The largest absolute Gasteiger partial charge is 0.379 e. The van der Waals surface area contributed by atoms with E-state index in [0.717, 1.165) is 30.7 Å². The SMILES string of the molecule is CCCCOCCOCCNC(=NC)NCCC(=O)Nc1cccc(Cl)c1C.I. The van der Waals surface area contributed by atoms with Gasteiger partial charge in [0.25, 0.3) is 0 Å². The van der Waals surface area contributed by atoms with Crippen molar-refractivity contribution >= 4 is 53.1 Å². The number of anilines is 1. The van der Waals surface area contributed by atoms with Gasteiger partial charge < -0.3 is 25.4 Å². The molecule has 0 aliphatic heterocycles. The number of nitrogens with zero attached hydrogens (tertiary/aromatic N) is 1. The van der Waals surface area contributed by atoms with Crippen molar-refractivity contribution in [3.05, 3.63) is 28.8 Å². The predicted molar refractivity (Wildman–Crippen MR) is 131 cm³/mol. The maximum absolute atomic E-state index is 12.1. The standard InChI is InChI=1S/C20H33ClN4O3.HI/c1-4-5-12-27-14-15-28-13-11-24-20(22-3)23-10-9-19(26)25-18-8-6-7-17(21)16(18)2;/h6-8H,4-5,9-15H2,1-3H3,(H,25,26)(H2,22,23,24);1H. The number of guanidine groups is 1. The topological polar surface area (TPSA) is 84.0 Å². The number of hydrogen-bond donors (Lipinski definition) is 3. The molecule has 0 fully saturated rings. The van der Waals surface area contributed by atoms with E-state index in [2.05, 4.69) is 27.9 Å². The molecule has 0 bridgehead atoms. The third-order valence-electron chi connectivity index (χ3n) is 3.96. The van der Waals surface area contributed by atoms with E-state index in [0.29, 0.717) is 50.3 Å². The monoisotopic (exact) mass is 540 g/mol. The Bertz CT molecular complexity index is 617. The molecule has 1 rings (SSSR count). The van der Waals surface area contributed by atoms with Gasteiger partial charge in [0.15, 0.2) is 5.96 Å². The lowest BCUT2D eigenvalue weighted by Crippen LogP contribution is -2.40. The molecule has 0 saturated heterocycles. The summed E-state index contributed by atoms with van der Waals surface area (Å²) in [4.78, 5) is 16.2. The maximum Gasteiger partial charge on any atom is 0.226 e. The van der Waals surface area contributed by atoms with Gasteiger partial charge in [-0.25, -0.2) is 0 Å². The van der Waals surface area contributed by atoms with Crippen LogP contribution in [0, 0.1) is 6.92 Å². The van der Waals surface area contributed by atoms with E-state index in [1.54, 1.807) is 13.1 Å². The predicted octanol–water partition coefficient (Wildman–Crippen LogP) is 3.59. The summed E-state index contributed by atoms with van der Waals surface area (Å²) in [6, 6.07) is 5.45. The van der Waals surface area contributed by atoms with Gasteiger partial charge in [-0.1, -0.05) is 31.0 Å². The molecule has 0 aliphatic rings. The van der Waals surface area contributed by atoms with E-state index in [9.17, 15) is 4.79 Å². The molecule has 0 aliphatic carbocycles. The number of benzene rings is 1. The van der Waals surface area contributed by atoms with Crippen LogP contribution in [0.25, 0.3) is 0 Å². The number of carbonyl (C=O) groups excluding carboxylic acids is 1. The Kier molecular flexibility index (Phi) is 17.1. The van der Waals surface area contributed by atoms with Crippen LogP contribution in [0.1, 0.15) is 31.7 Å². The quantitative estimate of drug-likeness (QED) is 0.154. The molecular weight excluding hydrogens is 507 g/mol. The fraction of sp³-hybridized carbons (Fsp3) is 0.600. The normalized spacial score (nSPS) is 11.0. The van der Waals surface area contributed by atoms with Crippen LogP contribution in [0.5, 0.6) is 0 Å². The molecule has 3 N–H and O–H groups in total. The molecule has 166 valence electrons. The number of ether oxygens (including phenoxy) is 2. The first-order chi connectivity index (χ1) is 13.6. The summed E-state index contributed by atoms with van der Waals surface area (Å²) >= 11 is 6.07. The van der Waals surface area contributed by atoms with Crippen LogP contribution in [0.4, 0.5) is 5.69 Å². The minimum atomic E-state index is -0.0836. The highest BCUT2D eigenvalue weighted by atomic mass is 127. The number of aliphatic imine (C=N–C) groups is 1. The lowest BCUT2D eigenvalue weighted by molar-refractivity contribution is -0.116. The van der Waals surface area contributed by atoms with Gasteiger partial charge in [0.05, 0.1) is 19.8 Å². The first-order valence-electron chi connectivity index (χ1n) is 9.73. The molecule has 0 spiro atoms. The Balaban J connectivity index is 0.00000784.